The molecule has 22 heavy (non-hydrogen) atoms. The number of rotatable bonds is 5. The van der Waals surface area contributed by atoms with Gasteiger partial charge in [0.25, 0.3) is 5.91 Å². The molecule has 116 valence electrons. The van der Waals surface area contributed by atoms with Gasteiger partial charge < -0.3 is 15.2 Å². The molecule has 0 radical (unpaired) electrons. The van der Waals surface area contributed by atoms with Crippen LogP contribution in [-0.2, 0) is 11.2 Å². The Balaban J connectivity index is 2.00. The van der Waals surface area contributed by atoms with Crippen molar-refractivity contribution in [2.45, 2.75) is 13.3 Å². The average Bonchev–Trinajstić information content (AvgIpc) is 2.51. The average molecular weight is 324 g/mol. The molecule has 0 aliphatic heterocycles. The monoisotopic (exact) mass is 323 g/mol. The molecular formula is C16H15ClFNO3. The standard InChI is InChI=1S/C16H15ClFNO3/c1-2-10-5-3-4-6-15(10)22-9-16(21)19-13-7-11(17)14(20)8-12(13)18/h3-8,20H,2,9H2,1H3,(H,19,21). The number of hydrogen-bond donors (Lipinski definition) is 2. The number of hydrogen-bond acceptors (Lipinski definition) is 3. The zero-order chi connectivity index (χ0) is 16.1. The van der Waals surface area contributed by atoms with Crippen molar-refractivity contribution in [1.29, 1.82) is 0 Å². The normalized spacial score (nSPS) is 10.3. The molecule has 0 atom stereocenters. The van der Waals surface area contributed by atoms with E-state index >= 15 is 0 Å². The Labute approximate surface area is 132 Å². The third kappa shape index (κ3) is 3.89. The summed E-state index contributed by atoms with van der Waals surface area (Å²) in [4.78, 5) is 11.8. The van der Waals surface area contributed by atoms with Crippen molar-refractivity contribution in [2.24, 2.45) is 0 Å². The van der Waals surface area contributed by atoms with Gasteiger partial charge in [-0.1, -0.05) is 36.7 Å². The molecule has 4 nitrogen and oxygen atoms in total. The van der Waals surface area contributed by atoms with Crippen LogP contribution in [0.25, 0.3) is 0 Å². The van der Waals surface area contributed by atoms with E-state index in [2.05, 4.69) is 5.32 Å². The first-order valence-electron chi connectivity index (χ1n) is 6.69. The van der Waals surface area contributed by atoms with E-state index in [1.807, 2.05) is 25.1 Å². The molecule has 6 heteroatoms. The lowest BCUT2D eigenvalue weighted by molar-refractivity contribution is -0.118. The van der Waals surface area contributed by atoms with Gasteiger partial charge in [0, 0.05) is 6.07 Å². The van der Waals surface area contributed by atoms with Crippen molar-refractivity contribution in [2.75, 3.05) is 11.9 Å². The highest BCUT2D eigenvalue weighted by Crippen LogP contribution is 2.29. The summed E-state index contributed by atoms with van der Waals surface area (Å²) in [5, 5.41) is 11.6. The van der Waals surface area contributed by atoms with E-state index in [0.717, 1.165) is 24.1 Å². The number of ether oxygens (including phenoxy) is 1. The summed E-state index contributed by atoms with van der Waals surface area (Å²) in [6, 6.07) is 9.36. The van der Waals surface area contributed by atoms with Crippen molar-refractivity contribution in [3.63, 3.8) is 0 Å². The first-order valence-corrected chi connectivity index (χ1v) is 7.07. The molecule has 0 bridgehead atoms. The molecule has 0 aliphatic rings. The number of phenols is 1. The second kappa shape index (κ2) is 7.13. The molecular weight excluding hydrogens is 309 g/mol. The van der Waals surface area contributed by atoms with Gasteiger partial charge in [0.1, 0.15) is 17.3 Å². The van der Waals surface area contributed by atoms with E-state index in [9.17, 15) is 14.3 Å². The van der Waals surface area contributed by atoms with Crippen molar-refractivity contribution in [3.8, 4) is 11.5 Å². The lowest BCUT2D eigenvalue weighted by atomic mass is 10.1. The maximum atomic E-state index is 13.6. The number of phenolic OH excluding ortho intramolecular Hbond substituents is 1. The molecule has 0 heterocycles. The van der Waals surface area contributed by atoms with E-state index in [1.54, 1.807) is 6.07 Å². The molecule has 2 rings (SSSR count). The molecule has 1 amide bonds. The van der Waals surface area contributed by atoms with Crippen LogP contribution < -0.4 is 10.1 Å². The molecule has 2 aromatic carbocycles. The quantitative estimate of drug-likeness (QED) is 0.824. The van der Waals surface area contributed by atoms with Crippen molar-refractivity contribution in [1.82, 2.24) is 0 Å². The minimum atomic E-state index is -0.774. The number of amides is 1. The molecule has 0 saturated carbocycles. The summed E-state index contributed by atoms with van der Waals surface area (Å²) >= 11 is 5.68. The van der Waals surface area contributed by atoms with Crippen LogP contribution >= 0.6 is 11.6 Å². The zero-order valence-corrected chi connectivity index (χ0v) is 12.7. The summed E-state index contributed by atoms with van der Waals surface area (Å²) in [5.74, 6) is -1.06. The van der Waals surface area contributed by atoms with Crippen molar-refractivity contribution >= 4 is 23.2 Å². The van der Waals surface area contributed by atoms with Gasteiger partial charge in [0.15, 0.2) is 6.61 Å². The first kappa shape index (κ1) is 16.1. The lowest BCUT2D eigenvalue weighted by Gasteiger charge is -2.11. The Hall–Kier alpha value is -2.27. The molecule has 2 N–H and O–H groups in total. The third-order valence-corrected chi connectivity index (χ3v) is 3.33. The molecule has 0 aromatic heterocycles. The summed E-state index contributed by atoms with van der Waals surface area (Å²) in [6.45, 7) is 1.73. The second-order valence-electron chi connectivity index (χ2n) is 4.58. The van der Waals surface area contributed by atoms with E-state index in [4.69, 9.17) is 16.3 Å². The Kier molecular flexibility index (Phi) is 5.22. The maximum absolute atomic E-state index is 13.6. The highest BCUT2D eigenvalue weighted by molar-refractivity contribution is 6.32. The smallest absolute Gasteiger partial charge is 0.262 e. The minimum absolute atomic E-state index is 0.0473. The van der Waals surface area contributed by atoms with E-state index in [1.165, 1.54) is 0 Å². The number of carbonyl (C=O) groups excluding carboxylic acids is 1. The highest BCUT2D eigenvalue weighted by atomic mass is 35.5. The summed E-state index contributed by atoms with van der Waals surface area (Å²) in [5.41, 5.74) is 0.870. The van der Waals surface area contributed by atoms with Gasteiger partial charge in [0.05, 0.1) is 10.7 Å². The SMILES string of the molecule is CCc1ccccc1OCC(=O)Nc1cc(Cl)c(O)cc1F. The summed E-state index contributed by atoms with van der Waals surface area (Å²) in [6.07, 6.45) is 0.778. The van der Waals surface area contributed by atoms with Crippen molar-refractivity contribution < 1.29 is 19.0 Å². The Morgan fingerprint density at radius 1 is 1.36 bits per heavy atom. The number of nitrogens with one attached hydrogen (secondary N) is 1. The summed E-state index contributed by atoms with van der Waals surface area (Å²) < 4.78 is 19.0. The topological polar surface area (TPSA) is 58.6 Å². The van der Waals surface area contributed by atoms with Crippen LogP contribution in [0.5, 0.6) is 11.5 Å². The molecule has 0 spiro atoms. The Morgan fingerprint density at radius 3 is 2.82 bits per heavy atom. The largest absolute Gasteiger partial charge is 0.506 e. The van der Waals surface area contributed by atoms with Crippen LogP contribution in [0.1, 0.15) is 12.5 Å². The lowest BCUT2D eigenvalue weighted by Crippen LogP contribution is -2.21. The molecule has 0 fully saturated rings. The van der Waals surface area contributed by atoms with Gasteiger partial charge in [0.2, 0.25) is 0 Å². The second-order valence-corrected chi connectivity index (χ2v) is 4.99. The molecule has 0 aliphatic carbocycles. The molecule has 0 saturated heterocycles. The van der Waals surface area contributed by atoms with E-state index in [-0.39, 0.29) is 23.1 Å². The third-order valence-electron chi connectivity index (χ3n) is 3.02. The van der Waals surface area contributed by atoms with Crippen LogP contribution in [0.4, 0.5) is 10.1 Å². The number of halogens is 2. The van der Waals surface area contributed by atoms with Gasteiger partial charge in [-0.15, -0.1) is 0 Å². The number of anilines is 1. The Bertz CT molecular complexity index is 691. The number of aromatic hydroxyl groups is 1. The van der Waals surface area contributed by atoms with Gasteiger partial charge in [-0.2, -0.15) is 0 Å². The van der Waals surface area contributed by atoms with Crippen LogP contribution in [-0.4, -0.2) is 17.6 Å². The van der Waals surface area contributed by atoms with Gasteiger partial charge in [-0.25, -0.2) is 4.39 Å². The molecule has 2 aromatic rings. The van der Waals surface area contributed by atoms with E-state index in [0.29, 0.717) is 5.75 Å². The fourth-order valence-corrected chi connectivity index (χ4v) is 2.06. The van der Waals surface area contributed by atoms with Crippen LogP contribution in [0, 0.1) is 5.82 Å². The Morgan fingerprint density at radius 2 is 2.09 bits per heavy atom. The zero-order valence-electron chi connectivity index (χ0n) is 11.9. The fourth-order valence-electron chi connectivity index (χ4n) is 1.90. The molecule has 0 unspecified atom stereocenters. The predicted octanol–water partition coefficient (Wildman–Crippen LogP) is 3.76. The minimum Gasteiger partial charge on any atom is -0.506 e. The van der Waals surface area contributed by atoms with Gasteiger partial charge in [-0.05, 0) is 24.1 Å². The fraction of sp³-hybridized carbons (Fsp3) is 0.188. The van der Waals surface area contributed by atoms with Crippen molar-refractivity contribution in [3.05, 3.63) is 52.8 Å². The first-order chi connectivity index (χ1) is 10.5. The summed E-state index contributed by atoms with van der Waals surface area (Å²) in [7, 11) is 0. The number of benzene rings is 2. The van der Waals surface area contributed by atoms with Crippen LogP contribution in [0.2, 0.25) is 5.02 Å². The van der Waals surface area contributed by atoms with Gasteiger partial charge in [-0.3, -0.25) is 4.79 Å². The maximum Gasteiger partial charge on any atom is 0.262 e. The van der Waals surface area contributed by atoms with Crippen LogP contribution in [0.3, 0.4) is 0 Å². The van der Waals surface area contributed by atoms with Gasteiger partial charge >= 0.3 is 0 Å². The van der Waals surface area contributed by atoms with E-state index < -0.39 is 11.7 Å². The number of carbonyl (C=O) groups is 1. The number of para-hydroxylation sites is 1. The predicted molar refractivity (Wildman–Crippen MR) is 83.0 cm³/mol. The highest BCUT2D eigenvalue weighted by Gasteiger charge is 2.12. The number of aryl methyl sites for hydroxylation is 1. The van der Waals surface area contributed by atoms with Crippen LogP contribution in [0.15, 0.2) is 36.4 Å².